The van der Waals surface area contributed by atoms with E-state index in [0.29, 0.717) is 23.0 Å². The molecule has 0 aromatic heterocycles. The number of hydrogen-bond donors (Lipinski definition) is 0. The number of rotatable bonds is 5. The smallest absolute Gasteiger partial charge is 0.264 e. The third-order valence-electron chi connectivity index (χ3n) is 3.04. The molecule has 0 amide bonds. The van der Waals surface area contributed by atoms with E-state index in [1.807, 2.05) is 0 Å². The van der Waals surface area contributed by atoms with Crippen molar-refractivity contribution in [1.82, 2.24) is 0 Å². The molecular formula is C15H16ClNO3S. The van der Waals surface area contributed by atoms with Gasteiger partial charge in [0.25, 0.3) is 10.0 Å². The molecule has 112 valence electrons. The molecule has 0 saturated heterocycles. The number of nitrogens with zero attached hydrogens (tertiary/aromatic N) is 1. The van der Waals surface area contributed by atoms with Crippen LogP contribution in [0.15, 0.2) is 53.4 Å². The molecule has 0 radical (unpaired) electrons. The fourth-order valence-corrected chi connectivity index (χ4v) is 3.65. The molecule has 0 bridgehead atoms. The Labute approximate surface area is 130 Å². The third kappa shape index (κ3) is 3.14. The van der Waals surface area contributed by atoms with Crippen molar-refractivity contribution in [3.05, 3.63) is 53.6 Å². The second-order valence-electron chi connectivity index (χ2n) is 4.30. The van der Waals surface area contributed by atoms with Crippen LogP contribution in [-0.2, 0) is 10.0 Å². The maximum atomic E-state index is 12.8. The highest BCUT2D eigenvalue weighted by atomic mass is 35.5. The van der Waals surface area contributed by atoms with E-state index in [2.05, 4.69) is 0 Å². The van der Waals surface area contributed by atoms with E-state index in [1.54, 1.807) is 43.3 Å². The predicted octanol–water partition coefficient (Wildman–Crippen LogP) is 3.56. The van der Waals surface area contributed by atoms with Crippen LogP contribution in [0, 0.1) is 0 Å². The number of para-hydroxylation sites is 2. The number of methoxy groups -OCH3 is 1. The van der Waals surface area contributed by atoms with Crippen LogP contribution in [0.4, 0.5) is 5.69 Å². The molecule has 0 aliphatic carbocycles. The molecular weight excluding hydrogens is 310 g/mol. The molecule has 0 aliphatic rings. The molecule has 6 heteroatoms. The molecule has 2 aromatic rings. The Kier molecular flexibility index (Phi) is 4.75. The molecule has 0 atom stereocenters. The Morgan fingerprint density at radius 2 is 1.71 bits per heavy atom. The van der Waals surface area contributed by atoms with Crippen molar-refractivity contribution < 1.29 is 13.2 Å². The molecule has 4 nitrogen and oxygen atoms in total. The highest BCUT2D eigenvalue weighted by Gasteiger charge is 2.25. The highest BCUT2D eigenvalue weighted by molar-refractivity contribution is 7.92. The summed E-state index contributed by atoms with van der Waals surface area (Å²) in [6, 6.07) is 13.1. The van der Waals surface area contributed by atoms with Crippen molar-refractivity contribution in [2.45, 2.75) is 11.8 Å². The van der Waals surface area contributed by atoms with Crippen molar-refractivity contribution in [3.63, 3.8) is 0 Å². The monoisotopic (exact) mass is 325 g/mol. The first-order valence-corrected chi connectivity index (χ1v) is 8.24. The lowest BCUT2D eigenvalue weighted by Crippen LogP contribution is -2.31. The first kappa shape index (κ1) is 15.7. The highest BCUT2D eigenvalue weighted by Crippen LogP contribution is 2.32. The van der Waals surface area contributed by atoms with Crippen LogP contribution in [0.1, 0.15) is 6.92 Å². The molecule has 0 heterocycles. The van der Waals surface area contributed by atoms with Crippen LogP contribution in [0.2, 0.25) is 5.02 Å². The Bertz CT molecular complexity index is 714. The summed E-state index contributed by atoms with van der Waals surface area (Å²) in [7, 11) is -2.14. The molecule has 0 saturated carbocycles. The van der Waals surface area contributed by atoms with Gasteiger partial charge in [-0.2, -0.15) is 0 Å². The molecule has 0 unspecified atom stereocenters. The summed E-state index contributed by atoms with van der Waals surface area (Å²) < 4.78 is 32.1. The molecule has 2 rings (SSSR count). The van der Waals surface area contributed by atoms with Crippen LogP contribution in [0.3, 0.4) is 0 Å². The Morgan fingerprint density at radius 3 is 2.29 bits per heavy atom. The van der Waals surface area contributed by atoms with Crippen molar-refractivity contribution in [2.24, 2.45) is 0 Å². The topological polar surface area (TPSA) is 46.6 Å². The third-order valence-corrected chi connectivity index (χ3v) is 5.20. The van der Waals surface area contributed by atoms with Gasteiger partial charge in [-0.1, -0.05) is 23.7 Å². The lowest BCUT2D eigenvalue weighted by molar-refractivity contribution is 0.415. The second kappa shape index (κ2) is 6.37. The van der Waals surface area contributed by atoms with Crippen molar-refractivity contribution >= 4 is 27.3 Å². The zero-order valence-electron chi connectivity index (χ0n) is 11.8. The minimum atomic E-state index is -3.66. The van der Waals surface area contributed by atoms with E-state index in [0.717, 1.165) is 0 Å². The summed E-state index contributed by atoms with van der Waals surface area (Å²) in [5.41, 5.74) is 0.512. The van der Waals surface area contributed by atoms with Gasteiger partial charge in [0.1, 0.15) is 5.75 Å². The minimum Gasteiger partial charge on any atom is -0.495 e. The number of sulfonamides is 1. The normalized spacial score (nSPS) is 11.2. The first-order valence-electron chi connectivity index (χ1n) is 6.42. The largest absolute Gasteiger partial charge is 0.495 e. The molecule has 21 heavy (non-hydrogen) atoms. The van der Waals surface area contributed by atoms with Crippen molar-refractivity contribution in [3.8, 4) is 5.75 Å². The van der Waals surface area contributed by atoms with Gasteiger partial charge in [0.15, 0.2) is 0 Å². The average Bonchev–Trinajstić information content (AvgIpc) is 2.48. The maximum absolute atomic E-state index is 12.8. The molecule has 0 spiro atoms. The Morgan fingerprint density at radius 1 is 1.10 bits per heavy atom. The van der Waals surface area contributed by atoms with Gasteiger partial charge in [-0.15, -0.1) is 0 Å². The number of anilines is 1. The Balaban J connectivity index is 2.52. The number of halogens is 1. The van der Waals surface area contributed by atoms with Gasteiger partial charge >= 0.3 is 0 Å². The standard InChI is InChI=1S/C15H16ClNO3S/c1-3-17(14-6-4-5-7-15(14)20-2)21(18,19)13-10-8-12(16)9-11-13/h4-11H,3H2,1-2H3. The van der Waals surface area contributed by atoms with Crippen LogP contribution >= 0.6 is 11.6 Å². The lowest BCUT2D eigenvalue weighted by atomic mass is 10.3. The average molecular weight is 326 g/mol. The van der Waals surface area contributed by atoms with Gasteiger partial charge in [0.2, 0.25) is 0 Å². The van der Waals surface area contributed by atoms with E-state index < -0.39 is 10.0 Å². The molecule has 2 aromatic carbocycles. The SMILES string of the molecule is CCN(c1ccccc1OC)S(=O)(=O)c1ccc(Cl)cc1. The quantitative estimate of drug-likeness (QED) is 0.844. The Hall–Kier alpha value is -1.72. The number of ether oxygens (including phenoxy) is 1. The zero-order valence-corrected chi connectivity index (χ0v) is 13.4. The maximum Gasteiger partial charge on any atom is 0.264 e. The first-order chi connectivity index (χ1) is 10.0. The summed E-state index contributed by atoms with van der Waals surface area (Å²) in [5, 5.41) is 0.495. The van der Waals surface area contributed by atoms with Gasteiger partial charge in [-0.05, 0) is 43.3 Å². The van der Waals surface area contributed by atoms with Crippen LogP contribution < -0.4 is 9.04 Å². The van der Waals surface area contributed by atoms with Gasteiger partial charge in [-0.25, -0.2) is 8.42 Å². The van der Waals surface area contributed by atoms with Crippen LogP contribution in [-0.4, -0.2) is 22.1 Å². The molecule has 0 N–H and O–H groups in total. The molecule has 0 aliphatic heterocycles. The van der Waals surface area contributed by atoms with Gasteiger partial charge in [-0.3, -0.25) is 4.31 Å². The summed E-state index contributed by atoms with van der Waals surface area (Å²) in [6.07, 6.45) is 0. The van der Waals surface area contributed by atoms with E-state index >= 15 is 0 Å². The summed E-state index contributed by atoms with van der Waals surface area (Å²) in [5.74, 6) is 0.511. The van der Waals surface area contributed by atoms with E-state index in [1.165, 1.54) is 23.5 Å². The lowest BCUT2D eigenvalue weighted by Gasteiger charge is -2.24. The minimum absolute atomic E-state index is 0.194. The van der Waals surface area contributed by atoms with Gasteiger partial charge in [0, 0.05) is 11.6 Å². The van der Waals surface area contributed by atoms with Crippen molar-refractivity contribution in [1.29, 1.82) is 0 Å². The number of benzene rings is 2. The van der Waals surface area contributed by atoms with E-state index in [-0.39, 0.29) is 4.90 Å². The van der Waals surface area contributed by atoms with E-state index in [4.69, 9.17) is 16.3 Å². The van der Waals surface area contributed by atoms with E-state index in [9.17, 15) is 8.42 Å². The van der Waals surface area contributed by atoms with Crippen LogP contribution in [0.5, 0.6) is 5.75 Å². The number of hydrogen-bond acceptors (Lipinski definition) is 3. The van der Waals surface area contributed by atoms with Gasteiger partial charge in [0.05, 0.1) is 17.7 Å². The summed E-state index contributed by atoms with van der Waals surface area (Å²) in [6.45, 7) is 2.07. The van der Waals surface area contributed by atoms with Gasteiger partial charge < -0.3 is 4.74 Å². The van der Waals surface area contributed by atoms with Crippen LogP contribution in [0.25, 0.3) is 0 Å². The summed E-state index contributed by atoms with van der Waals surface area (Å²) >= 11 is 5.81. The fraction of sp³-hybridized carbons (Fsp3) is 0.200. The summed E-state index contributed by atoms with van der Waals surface area (Å²) in [4.78, 5) is 0.194. The zero-order chi connectivity index (χ0) is 15.5. The fourth-order valence-electron chi connectivity index (χ4n) is 2.04. The van der Waals surface area contributed by atoms with Crippen molar-refractivity contribution in [2.75, 3.05) is 18.0 Å². The molecule has 0 fully saturated rings. The predicted molar refractivity (Wildman–Crippen MR) is 84.7 cm³/mol. The second-order valence-corrected chi connectivity index (χ2v) is 6.59.